The number of ether oxygens (including phenoxy) is 2. The largest absolute Gasteiger partial charge is 0.459 e. The molecule has 0 bridgehead atoms. The van der Waals surface area contributed by atoms with Gasteiger partial charge in [0.2, 0.25) is 0 Å². The van der Waals surface area contributed by atoms with Crippen molar-refractivity contribution in [3.8, 4) is 11.5 Å². The molecule has 0 N–H and O–H groups in total. The third kappa shape index (κ3) is 6.39. The standard InChI is InChI=1S/C20H24F4O2/c1-2-3-4-5-15-6-8-16(9-7-15)20(23,24)26-18-12-10-17(11-13-18)25-14-19(21)22/h2-3,10-16H,4-9H2,1H3. The van der Waals surface area contributed by atoms with Gasteiger partial charge < -0.3 is 9.47 Å². The molecule has 0 atom stereocenters. The summed E-state index contributed by atoms with van der Waals surface area (Å²) in [7, 11) is 0. The highest BCUT2D eigenvalue weighted by Gasteiger charge is 2.43. The molecule has 0 unspecified atom stereocenters. The first-order chi connectivity index (χ1) is 12.4. The summed E-state index contributed by atoms with van der Waals surface area (Å²) >= 11 is 0. The Kier molecular flexibility index (Phi) is 7.54. The lowest BCUT2D eigenvalue weighted by Gasteiger charge is -2.33. The number of hydrogen-bond donors (Lipinski definition) is 0. The van der Waals surface area contributed by atoms with Crippen molar-refractivity contribution in [2.45, 2.75) is 51.6 Å². The molecule has 1 aromatic rings. The molecule has 2 nitrogen and oxygen atoms in total. The monoisotopic (exact) mass is 372 g/mol. The van der Waals surface area contributed by atoms with Crippen LogP contribution < -0.4 is 9.47 Å². The van der Waals surface area contributed by atoms with Gasteiger partial charge >= 0.3 is 12.2 Å². The van der Waals surface area contributed by atoms with Crippen LogP contribution in [-0.4, -0.2) is 6.11 Å². The normalized spacial score (nSPS) is 20.8. The van der Waals surface area contributed by atoms with E-state index in [4.69, 9.17) is 4.74 Å². The SMILES string of the molecule is CC=CCCC1CCC(C(F)(F)Oc2ccc(OC=C(F)F)cc2)CC1. The van der Waals surface area contributed by atoms with Crippen LogP contribution in [0.4, 0.5) is 17.6 Å². The maximum Gasteiger partial charge on any atom is 0.400 e. The van der Waals surface area contributed by atoms with E-state index in [1.54, 1.807) is 0 Å². The Hall–Kier alpha value is -1.98. The van der Waals surface area contributed by atoms with Crippen molar-refractivity contribution in [2.75, 3.05) is 0 Å². The topological polar surface area (TPSA) is 18.5 Å². The van der Waals surface area contributed by atoms with Gasteiger partial charge in [-0.25, -0.2) is 0 Å². The second kappa shape index (κ2) is 9.64. The zero-order valence-corrected chi connectivity index (χ0v) is 14.8. The molecule has 1 fully saturated rings. The summed E-state index contributed by atoms with van der Waals surface area (Å²) < 4.78 is 62.3. The van der Waals surface area contributed by atoms with E-state index in [0.717, 1.165) is 25.7 Å². The van der Waals surface area contributed by atoms with Crippen LogP contribution in [0.1, 0.15) is 45.4 Å². The second-order valence-corrected chi connectivity index (χ2v) is 6.52. The molecular weight excluding hydrogens is 348 g/mol. The molecule has 1 saturated carbocycles. The lowest BCUT2D eigenvalue weighted by atomic mass is 9.79. The summed E-state index contributed by atoms with van der Waals surface area (Å²) in [4.78, 5) is 0. The maximum atomic E-state index is 14.4. The Bertz CT molecular complexity index is 599. The van der Waals surface area contributed by atoms with Crippen molar-refractivity contribution in [3.63, 3.8) is 0 Å². The van der Waals surface area contributed by atoms with Gasteiger partial charge in [0.1, 0.15) is 11.5 Å². The zero-order valence-electron chi connectivity index (χ0n) is 14.8. The van der Waals surface area contributed by atoms with E-state index in [0.29, 0.717) is 25.0 Å². The Morgan fingerprint density at radius 2 is 1.69 bits per heavy atom. The van der Waals surface area contributed by atoms with E-state index >= 15 is 0 Å². The summed E-state index contributed by atoms with van der Waals surface area (Å²) in [5.41, 5.74) is 0. The molecule has 2 rings (SSSR count). The average molecular weight is 372 g/mol. The minimum absolute atomic E-state index is 0.0118. The lowest BCUT2D eigenvalue weighted by Crippen LogP contribution is -2.37. The van der Waals surface area contributed by atoms with Gasteiger partial charge in [-0.15, -0.1) is 0 Å². The molecule has 0 aromatic heterocycles. The summed E-state index contributed by atoms with van der Waals surface area (Å²) in [6.07, 6.45) is 3.67. The quantitative estimate of drug-likeness (QED) is 0.280. The average Bonchev–Trinajstić information content (AvgIpc) is 2.61. The van der Waals surface area contributed by atoms with Crippen LogP contribution in [-0.2, 0) is 0 Å². The van der Waals surface area contributed by atoms with Crippen molar-refractivity contribution in [3.05, 3.63) is 48.8 Å². The Morgan fingerprint density at radius 1 is 1.08 bits per heavy atom. The highest BCUT2D eigenvalue weighted by Crippen LogP contribution is 2.41. The van der Waals surface area contributed by atoms with Crippen LogP contribution in [0.15, 0.2) is 48.8 Å². The summed E-state index contributed by atoms with van der Waals surface area (Å²) in [5.74, 6) is -0.198. The minimum atomic E-state index is -3.25. The predicted molar refractivity (Wildman–Crippen MR) is 92.4 cm³/mol. The number of rotatable bonds is 8. The molecule has 0 aliphatic heterocycles. The summed E-state index contributed by atoms with van der Waals surface area (Å²) in [6, 6.07) is 5.19. The van der Waals surface area contributed by atoms with Gasteiger partial charge in [-0.3, -0.25) is 0 Å². The van der Waals surface area contributed by atoms with Gasteiger partial charge in [-0.2, -0.15) is 17.6 Å². The maximum absolute atomic E-state index is 14.4. The molecule has 0 heterocycles. The van der Waals surface area contributed by atoms with E-state index in [2.05, 4.69) is 10.8 Å². The van der Waals surface area contributed by atoms with Gasteiger partial charge in [0.15, 0.2) is 6.26 Å². The minimum Gasteiger partial charge on any atom is -0.459 e. The fourth-order valence-corrected chi connectivity index (χ4v) is 3.23. The van der Waals surface area contributed by atoms with Gasteiger partial charge in [0.05, 0.1) is 5.92 Å². The number of alkyl halides is 2. The Labute approximate surface area is 151 Å². The highest BCUT2D eigenvalue weighted by molar-refractivity contribution is 5.32. The fraction of sp³-hybridized carbons (Fsp3) is 0.500. The molecule has 1 aliphatic carbocycles. The highest BCUT2D eigenvalue weighted by atomic mass is 19.3. The summed E-state index contributed by atoms with van der Waals surface area (Å²) in [5, 5.41) is 0. The first kappa shape index (κ1) is 20.3. The first-order valence-corrected chi connectivity index (χ1v) is 8.86. The third-order valence-electron chi connectivity index (χ3n) is 4.66. The van der Waals surface area contributed by atoms with Crippen LogP contribution >= 0.6 is 0 Å². The number of hydrogen-bond acceptors (Lipinski definition) is 2. The molecule has 0 radical (unpaired) electrons. The van der Waals surface area contributed by atoms with E-state index < -0.39 is 18.1 Å². The molecule has 26 heavy (non-hydrogen) atoms. The predicted octanol–water partition coefficient (Wildman–Crippen LogP) is 6.94. The molecule has 1 aliphatic rings. The Morgan fingerprint density at radius 3 is 2.27 bits per heavy atom. The van der Waals surface area contributed by atoms with Crippen LogP contribution in [0.2, 0.25) is 0 Å². The van der Waals surface area contributed by atoms with Gasteiger partial charge in [-0.05, 0) is 75.6 Å². The van der Waals surface area contributed by atoms with Crippen molar-refractivity contribution in [2.24, 2.45) is 11.8 Å². The van der Waals surface area contributed by atoms with Gasteiger partial charge in [0.25, 0.3) is 0 Å². The van der Waals surface area contributed by atoms with E-state index in [1.807, 2.05) is 13.0 Å². The molecule has 1 aromatic carbocycles. The van der Waals surface area contributed by atoms with E-state index in [9.17, 15) is 17.6 Å². The van der Waals surface area contributed by atoms with Crippen LogP contribution in [0.5, 0.6) is 11.5 Å². The molecule has 144 valence electrons. The van der Waals surface area contributed by atoms with Crippen LogP contribution in [0.3, 0.4) is 0 Å². The molecule has 0 spiro atoms. The molecule has 0 saturated heterocycles. The Balaban J connectivity index is 1.85. The molecule has 6 heteroatoms. The number of allylic oxidation sites excluding steroid dienone is 2. The zero-order chi connectivity index (χ0) is 19.0. The van der Waals surface area contributed by atoms with Crippen LogP contribution in [0, 0.1) is 11.8 Å². The smallest absolute Gasteiger partial charge is 0.400 e. The first-order valence-electron chi connectivity index (χ1n) is 8.86. The van der Waals surface area contributed by atoms with E-state index in [-0.39, 0.29) is 11.5 Å². The fourth-order valence-electron chi connectivity index (χ4n) is 3.23. The van der Waals surface area contributed by atoms with Crippen molar-refractivity contribution < 1.29 is 27.0 Å². The molecular formula is C20H24F4O2. The summed E-state index contributed by atoms with van der Waals surface area (Å²) in [6.45, 7) is 1.98. The van der Waals surface area contributed by atoms with Gasteiger partial charge in [-0.1, -0.05) is 12.2 Å². The van der Waals surface area contributed by atoms with Crippen molar-refractivity contribution in [1.82, 2.24) is 0 Å². The second-order valence-electron chi connectivity index (χ2n) is 6.52. The third-order valence-corrected chi connectivity index (χ3v) is 4.66. The number of halogens is 4. The molecule has 0 amide bonds. The van der Waals surface area contributed by atoms with Crippen molar-refractivity contribution >= 4 is 0 Å². The number of benzene rings is 1. The lowest BCUT2D eigenvalue weighted by molar-refractivity contribution is -0.223. The van der Waals surface area contributed by atoms with Crippen molar-refractivity contribution in [1.29, 1.82) is 0 Å². The van der Waals surface area contributed by atoms with Crippen LogP contribution in [0.25, 0.3) is 0 Å². The van der Waals surface area contributed by atoms with E-state index in [1.165, 1.54) is 24.3 Å². The van der Waals surface area contributed by atoms with Gasteiger partial charge in [0, 0.05) is 0 Å².